The maximum Gasteiger partial charge on any atom is 0.322 e. The Kier molecular flexibility index (Phi) is 8.95. The first-order valence-electron chi connectivity index (χ1n) is 10.6. The Balaban J connectivity index is 2.39. The number of urea groups is 1. The number of amides is 3. The Hall–Kier alpha value is -3.43. The van der Waals surface area contributed by atoms with Crippen molar-refractivity contribution in [1.82, 2.24) is 9.88 Å². The molecule has 10 heteroatoms. The number of nitrogens with one attached hydrogen (secondary N) is 2. The van der Waals surface area contributed by atoms with Crippen molar-refractivity contribution in [3.8, 4) is 11.6 Å². The predicted octanol–water partition coefficient (Wildman–Crippen LogP) is 4.79. The number of halogens is 2. The van der Waals surface area contributed by atoms with Crippen LogP contribution in [0.1, 0.15) is 43.6 Å². The third-order valence-electron chi connectivity index (χ3n) is 4.62. The zero-order valence-corrected chi connectivity index (χ0v) is 19.7. The molecule has 0 saturated heterocycles. The number of aromatic nitrogens is 1. The summed E-state index contributed by atoms with van der Waals surface area (Å²) in [6, 6.07) is 3.25. The maximum absolute atomic E-state index is 14.9. The zero-order chi connectivity index (χ0) is 24.7. The van der Waals surface area contributed by atoms with Crippen LogP contribution in [0.2, 0.25) is 0 Å². The van der Waals surface area contributed by atoms with Crippen molar-refractivity contribution in [3.05, 3.63) is 41.3 Å². The van der Waals surface area contributed by atoms with Gasteiger partial charge in [0.1, 0.15) is 23.4 Å². The number of ether oxygens (including phenoxy) is 2. The van der Waals surface area contributed by atoms with E-state index in [1.165, 1.54) is 31.2 Å². The van der Waals surface area contributed by atoms with Crippen LogP contribution in [0.5, 0.6) is 11.6 Å². The number of hydrogen-bond donors (Lipinski definition) is 2. The van der Waals surface area contributed by atoms with Crippen molar-refractivity contribution in [3.63, 3.8) is 0 Å². The molecule has 8 nitrogen and oxygen atoms in total. The standard InChI is InChI=1S/C23H30F2N4O4/c1-7-29(12-15(5)24)23(31)27-18-11-19(33-13(2)3)16(10-17(18)25)21(30)28-20-14(4)8-9-26-22(20)32-6/h8-11,13,15H,7,12H2,1-6H3,(H,27,31)(H,28,30). The summed E-state index contributed by atoms with van der Waals surface area (Å²) in [5.41, 5.74) is 0.784. The second-order valence-electron chi connectivity index (χ2n) is 7.71. The van der Waals surface area contributed by atoms with Crippen LogP contribution in [0.3, 0.4) is 0 Å². The molecule has 0 aliphatic carbocycles. The molecule has 0 bridgehead atoms. The molecule has 0 aliphatic rings. The second-order valence-corrected chi connectivity index (χ2v) is 7.71. The van der Waals surface area contributed by atoms with Crippen molar-refractivity contribution < 1.29 is 27.8 Å². The summed E-state index contributed by atoms with van der Waals surface area (Å²) in [5.74, 6) is -1.20. The van der Waals surface area contributed by atoms with Crippen LogP contribution in [0.25, 0.3) is 0 Å². The quantitative estimate of drug-likeness (QED) is 0.557. The van der Waals surface area contributed by atoms with Gasteiger partial charge in [-0.25, -0.2) is 18.6 Å². The van der Waals surface area contributed by atoms with Gasteiger partial charge in [-0.1, -0.05) is 0 Å². The largest absolute Gasteiger partial charge is 0.490 e. The van der Waals surface area contributed by atoms with Crippen LogP contribution in [0.4, 0.5) is 25.0 Å². The molecule has 0 fully saturated rings. The predicted molar refractivity (Wildman–Crippen MR) is 122 cm³/mol. The van der Waals surface area contributed by atoms with E-state index in [2.05, 4.69) is 15.6 Å². The van der Waals surface area contributed by atoms with E-state index in [0.717, 1.165) is 6.07 Å². The third kappa shape index (κ3) is 6.77. The number of carbonyl (C=O) groups excluding carboxylic acids is 2. The zero-order valence-electron chi connectivity index (χ0n) is 19.7. The van der Waals surface area contributed by atoms with Crippen LogP contribution < -0.4 is 20.1 Å². The number of aryl methyl sites for hydroxylation is 1. The minimum atomic E-state index is -1.24. The topological polar surface area (TPSA) is 92.8 Å². The summed E-state index contributed by atoms with van der Waals surface area (Å²) in [5, 5.41) is 5.11. The van der Waals surface area contributed by atoms with E-state index in [4.69, 9.17) is 9.47 Å². The molecule has 33 heavy (non-hydrogen) atoms. The van der Waals surface area contributed by atoms with Gasteiger partial charge in [-0.15, -0.1) is 0 Å². The van der Waals surface area contributed by atoms with Crippen LogP contribution in [0, 0.1) is 12.7 Å². The van der Waals surface area contributed by atoms with Gasteiger partial charge in [-0.2, -0.15) is 0 Å². The van der Waals surface area contributed by atoms with E-state index < -0.39 is 23.9 Å². The van der Waals surface area contributed by atoms with Gasteiger partial charge in [0.25, 0.3) is 5.91 Å². The molecule has 0 radical (unpaired) electrons. The van der Waals surface area contributed by atoms with E-state index in [1.54, 1.807) is 33.8 Å². The van der Waals surface area contributed by atoms with E-state index in [9.17, 15) is 18.4 Å². The lowest BCUT2D eigenvalue weighted by atomic mass is 10.1. The average molecular weight is 465 g/mol. The smallest absolute Gasteiger partial charge is 0.322 e. The molecule has 0 aliphatic heterocycles. The molecule has 1 atom stereocenters. The van der Waals surface area contributed by atoms with Gasteiger partial charge in [-0.3, -0.25) is 4.79 Å². The molecule has 180 valence electrons. The second kappa shape index (κ2) is 11.4. The highest BCUT2D eigenvalue weighted by molar-refractivity contribution is 6.07. The van der Waals surface area contributed by atoms with Crippen LogP contribution >= 0.6 is 0 Å². The molecule has 2 N–H and O–H groups in total. The number of nitrogens with zero attached hydrogens (tertiary/aromatic N) is 2. The molecule has 3 amide bonds. The van der Waals surface area contributed by atoms with E-state index in [1.807, 2.05) is 0 Å². The van der Waals surface area contributed by atoms with Crippen LogP contribution in [0.15, 0.2) is 24.4 Å². The molecule has 1 aromatic carbocycles. The third-order valence-corrected chi connectivity index (χ3v) is 4.62. The fourth-order valence-electron chi connectivity index (χ4n) is 3.05. The first kappa shape index (κ1) is 25.8. The molecule has 2 aromatic rings. The molecule has 1 heterocycles. The number of pyridine rings is 1. The van der Waals surface area contributed by atoms with Gasteiger partial charge in [0.15, 0.2) is 0 Å². The number of carbonyl (C=O) groups is 2. The number of benzene rings is 1. The van der Waals surface area contributed by atoms with Gasteiger partial charge in [0.05, 0.1) is 31.0 Å². The molecule has 1 unspecified atom stereocenters. The van der Waals surface area contributed by atoms with Crippen molar-refractivity contribution >= 4 is 23.3 Å². The van der Waals surface area contributed by atoms with Gasteiger partial charge in [0, 0.05) is 18.8 Å². The summed E-state index contributed by atoms with van der Waals surface area (Å²) < 4.78 is 39.2. The van der Waals surface area contributed by atoms with Gasteiger partial charge in [0.2, 0.25) is 5.88 Å². The SMILES string of the molecule is CCN(CC(C)F)C(=O)Nc1cc(OC(C)C)c(C(=O)Nc2c(C)ccnc2OC)cc1F. The molecule has 0 spiro atoms. The highest BCUT2D eigenvalue weighted by atomic mass is 19.1. The van der Waals surface area contributed by atoms with E-state index >= 15 is 0 Å². The summed E-state index contributed by atoms with van der Waals surface area (Å²) in [6.07, 6.45) is -0.0310. The Bertz CT molecular complexity index is 999. The number of alkyl halides is 1. The molecule has 2 rings (SSSR count). The lowest BCUT2D eigenvalue weighted by Crippen LogP contribution is -2.38. The van der Waals surface area contributed by atoms with Gasteiger partial charge < -0.3 is 25.0 Å². The van der Waals surface area contributed by atoms with Crippen molar-refractivity contribution in [2.24, 2.45) is 0 Å². The molecule has 1 aromatic heterocycles. The van der Waals surface area contributed by atoms with Crippen molar-refractivity contribution in [2.75, 3.05) is 30.8 Å². The highest BCUT2D eigenvalue weighted by Gasteiger charge is 2.23. The average Bonchev–Trinajstić information content (AvgIpc) is 2.74. The van der Waals surface area contributed by atoms with Gasteiger partial charge in [-0.05, 0) is 52.3 Å². The van der Waals surface area contributed by atoms with E-state index in [-0.39, 0.29) is 42.1 Å². The molecular formula is C23H30F2N4O4. The van der Waals surface area contributed by atoms with Crippen LogP contribution in [-0.2, 0) is 0 Å². The Morgan fingerprint density at radius 1 is 1.21 bits per heavy atom. The summed E-state index contributed by atoms with van der Waals surface area (Å²) in [4.78, 5) is 30.8. The first-order chi connectivity index (χ1) is 15.6. The van der Waals surface area contributed by atoms with Gasteiger partial charge >= 0.3 is 6.03 Å². The molecule has 0 saturated carbocycles. The van der Waals surface area contributed by atoms with Crippen molar-refractivity contribution in [1.29, 1.82) is 0 Å². The number of methoxy groups -OCH3 is 1. The summed E-state index contributed by atoms with van der Waals surface area (Å²) >= 11 is 0. The summed E-state index contributed by atoms with van der Waals surface area (Å²) in [6.45, 7) is 8.39. The normalized spacial score (nSPS) is 11.7. The number of anilines is 2. The molecular weight excluding hydrogens is 434 g/mol. The van der Waals surface area contributed by atoms with E-state index in [0.29, 0.717) is 11.3 Å². The van der Waals surface area contributed by atoms with Crippen molar-refractivity contribution in [2.45, 2.75) is 46.9 Å². The lowest BCUT2D eigenvalue weighted by Gasteiger charge is -2.23. The lowest BCUT2D eigenvalue weighted by molar-refractivity contribution is 0.102. The highest BCUT2D eigenvalue weighted by Crippen LogP contribution is 2.31. The maximum atomic E-state index is 14.9. The summed E-state index contributed by atoms with van der Waals surface area (Å²) in [7, 11) is 1.42. The monoisotopic (exact) mass is 464 g/mol. The fourth-order valence-corrected chi connectivity index (χ4v) is 3.05. The Morgan fingerprint density at radius 2 is 1.91 bits per heavy atom. The number of hydrogen-bond acceptors (Lipinski definition) is 5. The Labute approximate surface area is 192 Å². The number of rotatable bonds is 9. The Morgan fingerprint density at radius 3 is 2.48 bits per heavy atom. The minimum Gasteiger partial charge on any atom is -0.490 e. The first-order valence-corrected chi connectivity index (χ1v) is 10.6. The minimum absolute atomic E-state index is 0.0709. The fraction of sp³-hybridized carbons (Fsp3) is 0.435. The van der Waals surface area contributed by atoms with Crippen LogP contribution in [-0.4, -0.2) is 54.3 Å².